The van der Waals surface area contributed by atoms with Crippen molar-refractivity contribution in [3.8, 4) is 5.75 Å². The van der Waals surface area contributed by atoms with Crippen LogP contribution in [0.15, 0.2) is 22.7 Å². The van der Waals surface area contributed by atoms with Crippen molar-refractivity contribution in [2.45, 2.75) is 18.4 Å². The van der Waals surface area contributed by atoms with Crippen LogP contribution in [0.3, 0.4) is 0 Å². The molecule has 0 spiro atoms. The molecule has 86 valence electrons. The SMILES string of the molecule is COc1ccc(C2(NC(=O)O)CC2)cc1Br. The molecule has 2 N–H and O–H groups in total. The standard InChI is InChI=1S/C11H12BrNO3/c1-16-9-3-2-7(6-8(9)12)11(4-5-11)13-10(14)15/h2-3,6,13H,4-5H2,1H3,(H,14,15). The molecule has 1 amide bonds. The number of rotatable bonds is 3. The molecular weight excluding hydrogens is 274 g/mol. The second-order valence-corrected chi connectivity index (χ2v) is 4.72. The first-order chi connectivity index (χ1) is 7.57. The minimum absolute atomic E-state index is 0.388. The summed E-state index contributed by atoms with van der Waals surface area (Å²) in [4.78, 5) is 10.7. The van der Waals surface area contributed by atoms with Gasteiger partial charge in [0.1, 0.15) is 5.75 Å². The summed E-state index contributed by atoms with van der Waals surface area (Å²) >= 11 is 3.39. The van der Waals surface area contributed by atoms with Crippen LogP contribution in [0.4, 0.5) is 4.79 Å². The number of benzene rings is 1. The Bertz CT molecular complexity index is 429. The smallest absolute Gasteiger partial charge is 0.405 e. The van der Waals surface area contributed by atoms with Crippen molar-refractivity contribution in [3.63, 3.8) is 0 Å². The Morgan fingerprint density at radius 2 is 2.25 bits per heavy atom. The van der Waals surface area contributed by atoms with Gasteiger partial charge in [0.2, 0.25) is 0 Å². The van der Waals surface area contributed by atoms with E-state index in [0.717, 1.165) is 28.6 Å². The molecule has 1 aromatic carbocycles. The molecule has 0 atom stereocenters. The molecule has 0 aliphatic heterocycles. The summed E-state index contributed by atoms with van der Waals surface area (Å²) in [5.74, 6) is 0.745. The van der Waals surface area contributed by atoms with Gasteiger partial charge in [-0.25, -0.2) is 4.79 Å². The Morgan fingerprint density at radius 1 is 1.56 bits per heavy atom. The maximum Gasteiger partial charge on any atom is 0.405 e. The molecule has 0 heterocycles. The molecule has 1 aliphatic rings. The topological polar surface area (TPSA) is 58.6 Å². The molecule has 0 unspecified atom stereocenters. The molecule has 5 heteroatoms. The van der Waals surface area contributed by atoms with Gasteiger partial charge in [-0.3, -0.25) is 0 Å². The van der Waals surface area contributed by atoms with Crippen LogP contribution < -0.4 is 10.1 Å². The Hall–Kier alpha value is -1.23. The first-order valence-corrected chi connectivity index (χ1v) is 5.72. The van der Waals surface area contributed by atoms with Crippen molar-refractivity contribution in [2.24, 2.45) is 0 Å². The number of methoxy groups -OCH3 is 1. The summed E-state index contributed by atoms with van der Waals surface area (Å²) in [6.07, 6.45) is 0.709. The molecule has 1 saturated carbocycles. The number of ether oxygens (including phenoxy) is 1. The third-order valence-corrected chi connectivity index (χ3v) is 3.42. The number of halogens is 1. The molecule has 1 fully saturated rings. The Labute approximate surface area is 102 Å². The van der Waals surface area contributed by atoms with Gasteiger partial charge in [-0.05, 0) is 46.5 Å². The van der Waals surface area contributed by atoms with Gasteiger partial charge in [0.15, 0.2) is 0 Å². The van der Waals surface area contributed by atoms with Crippen molar-refractivity contribution in [1.82, 2.24) is 5.32 Å². The van der Waals surface area contributed by atoms with E-state index >= 15 is 0 Å². The predicted octanol–water partition coefficient (Wildman–Crippen LogP) is 2.71. The second-order valence-electron chi connectivity index (χ2n) is 3.86. The first kappa shape index (κ1) is 11.3. The van der Waals surface area contributed by atoms with E-state index in [0.29, 0.717) is 0 Å². The lowest BCUT2D eigenvalue weighted by molar-refractivity contribution is 0.188. The van der Waals surface area contributed by atoms with E-state index in [1.54, 1.807) is 7.11 Å². The highest BCUT2D eigenvalue weighted by Gasteiger charge is 2.46. The average Bonchev–Trinajstić information content (AvgIpc) is 2.98. The van der Waals surface area contributed by atoms with E-state index in [1.165, 1.54) is 0 Å². The minimum Gasteiger partial charge on any atom is -0.496 e. The second kappa shape index (κ2) is 3.97. The van der Waals surface area contributed by atoms with Crippen LogP contribution in [0, 0.1) is 0 Å². The summed E-state index contributed by atoms with van der Waals surface area (Å²) in [5.41, 5.74) is 0.586. The van der Waals surface area contributed by atoms with Crippen molar-refractivity contribution in [1.29, 1.82) is 0 Å². The number of nitrogens with one attached hydrogen (secondary N) is 1. The molecule has 0 saturated heterocycles. The third-order valence-electron chi connectivity index (χ3n) is 2.80. The van der Waals surface area contributed by atoms with Crippen molar-refractivity contribution < 1.29 is 14.6 Å². The van der Waals surface area contributed by atoms with Crippen LogP contribution in [0.25, 0.3) is 0 Å². The molecule has 1 aliphatic carbocycles. The minimum atomic E-state index is -0.982. The third kappa shape index (κ3) is 2.00. The molecule has 16 heavy (non-hydrogen) atoms. The Balaban J connectivity index is 2.28. The summed E-state index contributed by atoms with van der Waals surface area (Å²) in [6, 6.07) is 5.64. The van der Waals surface area contributed by atoms with Gasteiger partial charge in [-0.15, -0.1) is 0 Å². The molecule has 1 aromatic rings. The van der Waals surface area contributed by atoms with Crippen LogP contribution in [0.2, 0.25) is 0 Å². The molecule has 0 aromatic heterocycles. The highest BCUT2D eigenvalue weighted by molar-refractivity contribution is 9.10. The largest absolute Gasteiger partial charge is 0.496 e. The van der Waals surface area contributed by atoms with Crippen LogP contribution in [0.5, 0.6) is 5.75 Å². The summed E-state index contributed by atoms with van der Waals surface area (Å²) in [5, 5.41) is 11.3. The number of hydrogen-bond acceptors (Lipinski definition) is 2. The molecule has 2 rings (SSSR count). The van der Waals surface area contributed by atoms with Gasteiger partial charge >= 0.3 is 6.09 Å². The predicted molar refractivity (Wildman–Crippen MR) is 62.8 cm³/mol. The fraction of sp³-hybridized carbons (Fsp3) is 0.364. The van der Waals surface area contributed by atoms with E-state index in [-0.39, 0.29) is 5.54 Å². The van der Waals surface area contributed by atoms with E-state index in [4.69, 9.17) is 9.84 Å². The van der Waals surface area contributed by atoms with Crippen LogP contribution in [-0.2, 0) is 5.54 Å². The first-order valence-electron chi connectivity index (χ1n) is 4.92. The number of hydrogen-bond donors (Lipinski definition) is 2. The zero-order chi connectivity index (χ0) is 11.8. The zero-order valence-corrected chi connectivity index (χ0v) is 10.4. The summed E-state index contributed by atoms with van der Waals surface area (Å²) < 4.78 is 5.97. The summed E-state index contributed by atoms with van der Waals surface area (Å²) in [7, 11) is 1.60. The van der Waals surface area contributed by atoms with Crippen molar-refractivity contribution in [3.05, 3.63) is 28.2 Å². The lowest BCUT2D eigenvalue weighted by atomic mass is 10.1. The fourth-order valence-corrected chi connectivity index (χ4v) is 2.32. The molecule has 0 bridgehead atoms. The number of carbonyl (C=O) groups is 1. The Morgan fingerprint density at radius 3 is 2.69 bits per heavy atom. The van der Waals surface area contributed by atoms with Crippen LogP contribution >= 0.6 is 15.9 Å². The van der Waals surface area contributed by atoms with Gasteiger partial charge in [-0.1, -0.05) is 6.07 Å². The maximum atomic E-state index is 10.7. The van der Waals surface area contributed by atoms with Gasteiger partial charge in [0, 0.05) is 0 Å². The molecular formula is C11H12BrNO3. The quantitative estimate of drug-likeness (QED) is 0.898. The van der Waals surface area contributed by atoms with Crippen LogP contribution in [-0.4, -0.2) is 18.3 Å². The van der Waals surface area contributed by atoms with Gasteiger partial charge in [0.25, 0.3) is 0 Å². The normalized spacial score (nSPS) is 16.6. The number of carboxylic acid groups (broad SMARTS) is 1. The lowest BCUT2D eigenvalue weighted by Crippen LogP contribution is -2.33. The maximum absolute atomic E-state index is 10.7. The highest BCUT2D eigenvalue weighted by Crippen LogP contribution is 2.46. The van der Waals surface area contributed by atoms with Gasteiger partial charge in [0.05, 0.1) is 17.1 Å². The molecule has 4 nitrogen and oxygen atoms in total. The zero-order valence-electron chi connectivity index (χ0n) is 8.79. The Kier molecular flexibility index (Phi) is 2.80. The van der Waals surface area contributed by atoms with E-state index in [9.17, 15) is 4.79 Å². The summed E-state index contributed by atoms with van der Waals surface area (Å²) in [6.45, 7) is 0. The lowest BCUT2D eigenvalue weighted by Gasteiger charge is -2.16. The fourth-order valence-electron chi connectivity index (χ4n) is 1.78. The van der Waals surface area contributed by atoms with E-state index in [1.807, 2.05) is 18.2 Å². The van der Waals surface area contributed by atoms with Crippen LogP contribution in [0.1, 0.15) is 18.4 Å². The highest BCUT2D eigenvalue weighted by atomic mass is 79.9. The monoisotopic (exact) mass is 285 g/mol. The van der Waals surface area contributed by atoms with Crippen molar-refractivity contribution in [2.75, 3.05) is 7.11 Å². The van der Waals surface area contributed by atoms with Crippen molar-refractivity contribution >= 4 is 22.0 Å². The van der Waals surface area contributed by atoms with Gasteiger partial charge in [-0.2, -0.15) is 0 Å². The van der Waals surface area contributed by atoms with Gasteiger partial charge < -0.3 is 15.2 Å². The van der Waals surface area contributed by atoms with E-state index < -0.39 is 6.09 Å². The van der Waals surface area contributed by atoms with E-state index in [2.05, 4.69) is 21.2 Å². The number of amides is 1. The molecule has 0 radical (unpaired) electrons. The average molecular weight is 286 g/mol.